The molecule has 0 saturated carbocycles. The van der Waals surface area contributed by atoms with E-state index in [1.807, 2.05) is 0 Å². The number of nitrogens with one attached hydrogen (secondary N) is 1. The monoisotopic (exact) mass is 253 g/mol. The second-order valence-corrected chi connectivity index (χ2v) is 3.61. The number of hydrogen-bond acceptors (Lipinski definition) is 5. The standard InChI is InChI=1S/C11H15N3O4/c1-5-7-8(11(17)18-6(2)15)13-14(4)9(7)10(16)12-3/h5H2,1-4H3,(H,12,16). The van der Waals surface area contributed by atoms with Crippen molar-refractivity contribution in [2.45, 2.75) is 20.3 Å². The maximum absolute atomic E-state index is 11.7. The molecule has 0 fully saturated rings. The van der Waals surface area contributed by atoms with Gasteiger partial charge in [-0.2, -0.15) is 5.10 Å². The van der Waals surface area contributed by atoms with Crippen LogP contribution in [0.25, 0.3) is 0 Å². The molecule has 0 spiro atoms. The lowest BCUT2D eigenvalue weighted by molar-refractivity contribution is -0.135. The minimum absolute atomic E-state index is 0.00574. The highest BCUT2D eigenvalue weighted by molar-refractivity contribution is 6.00. The van der Waals surface area contributed by atoms with E-state index < -0.39 is 11.9 Å². The predicted molar refractivity (Wildman–Crippen MR) is 62.1 cm³/mol. The van der Waals surface area contributed by atoms with Crippen molar-refractivity contribution in [2.24, 2.45) is 7.05 Å². The fourth-order valence-electron chi connectivity index (χ4n) is 1.65. The molecule has 1 aromatic heterocycles. The van der Waals surface area contributed by atoms with Crippen LogP contribution in [0.1, 0.15) is 40.4 Å². The van der Waals surface area contributed by atoms with Gasteiger partial charge in [-0.05, 0) is 6.42 Å². The minimum Gasteiger partial charge on any atom is -0.388 e. The Labute approximate surface area is 104 Å². The molecule has 1 aromatic rings. The zero-order valence-corrected chi connectivity index (χ0v) is 10.7. The zero-order valence-electron chi connectivity index (χ0n) is 10.7. The highest BCUT2D eigenvalue weighted by Gasteiger charge is 2.25. The number of aryl methyl sites for hydroxylation is 1. The second kappa shape index (κ2) is 5.44. The quantitative estimate of drug-likeness (QED) is 0.607. The van der Waals surface area contributed by atoms with Gasteiger partial charge >= 0.3 is 11.9 Å². The Kier molecular flexibility index (Phi) is 4.19. The second-order valence-electron chi connectivity index (χ2n) is 3.61. The van der Waals surface area contributed by atoms with E-state index in [0.29, 0.717) is 12.0 Å². The Morgan fingerprint density at radius 2 is 2.00 bits per heavy atom. The van der Waals surface area contributed by atoms with Crippen LogP contribution in [0.2, 0.25) is 0 Å². The van der Waals surface area contributed by atoms with Crippen LogP contribution in [0, 0.1) is 0 Å². The number of esters is 2. The van der Waals surface area contributed by atoms with Gasteiger partial charge in [0.2, 0.25) is 0 Å². The van der Waals surface area contributed by atoms with Crippen molar-refractivity contribution in [2.75, 3.05) is 7.05 Å². The van der Waals surface area contributed by atoms with Gasteiger partial charge in [-0.1, -0.05) is 6.92 Å². The molecule has 0 saturated heterocycles. The summed E-state index contributed by atoms with van der Waals surface area (Å²) in [6.07, 6.45) is 0.429. The number of amides is 1. The molecule has 0 aliphatic rings. The molecule has 7 nitrogen and oxygen atoms in total. The molecule has 0 aliphatic heterocycles. The Balaban J connectivity index is 3.26. The van der Waals surface area contributed by atoms with Crippen LogP contribution in [-0.4, -0.2) is 34.7 Å². The molecule has 1 amide bonds. The summed E-state index contributed by atoms with van der Waals surface area (Å²) in [5.41, 5.74) is 0.743. The first-order chi connectivity index (χ1) is 8.42. The van der Waals surface area contributed by atoms with Gasteiger partial charge in [-0.25, -0.2) is 4.79 Å². The SMILES string of the molecule is CCc1c(C(=O)OC(C)=O)nn(C)c1C(=O)NC. The van der Waals surface area contributed by atoms with Gasteiger partial charge in [0.05, 0.1) is 0 Å². The summed E-state index contributed by atoms with van der Waals surface area (Å²) in [6.45, 7) is 2.92. The Bertz CT molecular complexity index is 505. The van der Waals surface area contributed by atoms with Crippen molar-refractivity contribution in [3.05, 3.63) is 17.0 Å². The van der Waals surface area contributed by atoms with Crippen LogP contribution in [0.3, 0.4) is 0 Å². The molecule has 18 heavy (non-hydrogen) atoms. The van der Waals surface area contributed by atoms with E-state index in [2.05, 4.69) is 15.2 Å². The van der Waals surface area contributed by atoms with Crippen LogP contribution in [0.4, 0.5) is 0 Å². The molecule has 0 bridgehead atoms. The highest BCUT2D eigenvalue weighted by Crippen LogP contribution is 2.15. The van der Waals surface area contributed by atoms with E-state index in [-0.39, 0.29) is 17.3 Å². The van der Waals surface area contributed by atoms with Gasteiger partial charge in [0, 0.05) is 26.6 Å². The fourth-order valence-corrected chi connectivity index (χ4v) is 1.65. The topological polar surface area (TPSA) is 90.3 Å². The van der Waals surface area contributed by atoms with Crippen LogP contribution >= 0.6 is 0 Å². The number of carbonyl (C=O) groups excluding carboxylic acids is 3. The van der Waals surface area contributed by atoms with Crippen LogP contribution in [0.5, 0.6) is 0 Å². The number of ether oxygens (including phenoxy) is 1. The fraction of sp³-hybridized carbons (Fsp3) is 0.455. The predicted octanol–water partition coefficient (Wildman–Crippen LogP) is 0.0454. The largest absolute Gasteiger partial charge is 0.388 e. The number of carbonyl (C=O) groups is 3. The average molecular weight is 253 g/mol. The van der Waals surface area contributed by atoms with Crippen molar-refractivity contribution in [3.8, 4) is 0 Å². The van der Waals surface area contributed by atoms with Gasteiger partial charge in [0.15, 0.2) is 5.69 Å². The third-order valence-corrected chi connectivity index (χ3v) is 2.37. The van der Waals surface area contributed by atoms with Crippen LogP contribution in [-0.2, 0) is 23.0 Å². The lowest BCUT2D eigenvalue weighted by atomic mass is 10.1. The Morgan fingerprint density at radius 1 is 1.39 bits per heavy atom. The third kappa shape index (κ3) is 2.55. The smallest absolute Gasteiger partial charge is 0.366 e. The molecule has 0 atom stereocenters. The van der Waals surface area contributed by atoms with Crippen molar-refractivity contribution in [3.63, 3.8) is 0 Å². The Morgan fingerprint density at radius 3 is 2.44 bits per heavy atom. The summed E-state index contributed by atoms with van der Waals surface area (Å²) >= 11 is 0. The molecule has 0 radical (unpaired) electrons. The molecule has 1 heterocycles. The number of rotatable bonds is 3. The molecular weight excluding hydrogens is 238 g/mol. The van der Waals surface area contributed by atoms with E-state index >= 15 is 0 Å². The molecular formula is C11H15N3O4. The first-order valence-corrected chi connectivity index (χ1v) is 5.43. The van der Waals surface area contributed by atoms with E-state index in [1.54, 1.807) is 14.0 Å². The number of nitrogens with zero attached hydrogens (tertiary/aromatic N) is 2. The minimum atomic E-state index is -0.842. The van der Waals surface area contributed by atoms with Crippen molar-refractivity contribution >= 4 is 17.8 Å². The number of aromatic nitrogens is 2. The lowest BCUT2D eigenvalue weighted by Crippen LogP contribution is -2.22. The average Bonchev–Trinajstić information content (AvgIpc) is 2.64. The van der Waals surface area contributed by atoms with Gasteiger partial charge in [0.25, 0.3) is 5.91 Å². The molecule has 1 rings (SSSR count). The first kappa shape index (κ1) is 13.9. The summed E-state index contributed by atoms with van der Waals surface area (Å²) < 4.78 is 5.78. The van der Waals surface area contributed by atoms with E-state index in [9.17, 15) is 14.4 Å². The number of hydrogen-bond donors (Lipinski definition) is 1. The van der Waals surface area contributed by atoms with Gasteiger partial charge in [-0.3, -0.25) is 14.3 Å². The molecule has 1 N–H and O–H groups in total. The summed E-state index contributed by atoms with van der Waals surface area (Å²) in [6, 6.07) is 0. The van der Waals surface area contributed by atoms with Gasteiger partial charge < -0.3 is 10.1 Å². The van der Waals surface area contributed by atoms with Crippen molar-refractivity contribution in [1.82, 2.24) is 15.1 Å². The van der Waals surface area contributed by atoms with Crippen LogP contribution in [0.15, 0.2) is 0 Å². The summed E-state index contributed by atoms with van der Waals surface area (Å²) in [7, 11) is 3.04. The summed E-state index contributed by atoms with van der Waals surface area (Å²) in [5.74, 6) is -1.90. The maximum Gasteiger partial charge on any atom is 0.366 e. The molecule has 0 unspecified atom stereocenters. The lowest BCUT2D eigenvalue weighted by Gasteiger charge is -2.03. The summed E-state index contributed by atoms with van der Waals surface area (Å²) in [4.78, 5) is 34.1. The zero-order chi connectivity index (χ0) is 13.9. The van der Waals surface area contributed by atoms with Gasteiger partial charge in [0.1, 0.15) is 5.69 Å². The first-order valence-electron chi connectivity index (χ1n) is 5.43. The molecule has 98 valence electrons. The molecule has 7 heteroatoms. The van der Waals surface area contributed by atoms with Crippen molar-refractivity contribution in [1.29, 1.82) is 0 Å². The normalized spacial score (nSPS) is 10.0. The highest BCUT2D eigenvalue weighted by atomic mass is 16.6. The summed E-state index contributed by atoms with van der Waals surface area (Å²) in [5, 5.41) is 6.40. The third-order valence-electron chi connectivity index (χ3n) is 2.37. The molecule has 0 aliphatic carbocycles. The maximum atomic E-state index is 11.7. The molecule has 0 aromatic carbocycles. The van der Waals surface area contributed by atoms with Gasteiger partial charge in [-0.15, -0.1) is 0 Å². The van der Waals surface area contributed by atoms with E-state index in [1.165, 1.54) is 11.7 Å². The van der Waals surface area contributed by atoms with E-state index in [4.69, 9.17) is 0 Å². The Hall–Kier alpha value is -2.18. The van der Waals surface area contributed by atoms with Crippen LogP contribution < -0.4 is 5.32 Å². The van der Waals surface area contributed by atoms with Crippen molar-refractivity contribution < 1.29 is 19.1 Å². The van der Waals surface area contributed by atoms with E-state index in [0.717, 1.165) is 6.92 Å².